The Morgan fingerprint density at radius 1 is 1.23 bits per heavy atom. The Bertz CT molecular complexity index is 1270. The van der Waals surface area contributed by atoms with Crippen LogP contribution in [0.1, 0.15) is 52.1 Å². The van der Waals surface area contributed by atoms with Gasteiger partial charge in [0.1, 0.15) is 5.69 Å². The van der Waals surface area contributed by atoms with Crippen LogP contribution in [-0.2, 0) is 15.6 Å². The second kappa shape index (κ2) is 9.15. The first-order valence-corrected chi connectivity index (χ1v) is 13.7. The fraction of sp³-hybridized carbons (Fsp3) is 0.500. The summed E-state index contributed by atoms with van der Waals surface area (Å²) in [5.74, 6) is -0.775. The maximum Gasteiger partial charge on any atom is 0.416 e. The van der Waals surface area contributed by atoms with Crippen LogP contribution in [0.2, 0.25) is 0 Å². The third-order valence-electron chi connectivity index (χ3n) is 6.25. The fourth-order valence-corrected chi connectivity index (χ4v) is 6.58. The minimum absolute atomic E-state index is 0.0628. The smallest absolute Gasteiger partial charge is 0.258 e. The zero-order chi connectivity index (χ0) is 25.8. The van der Waals surface area contributed by atoms with Gasteiger partial charge in [-0.2, -0.15) is 18.3 Å². The predicted octanol–water partition coefficient (Wildman–Crippen LogP) is 5.90. The Labute approximate surface area is 211 Å². The van der Waals surface area contributed by atoms with Crippen molar-refractivity contribution in [2.45, 2.75) is 63.5 Å². The number of aromatic nitrogens is 3. The van der Waals surface area contributed by atoms with Gasteiger partial charge < -0.3 is 0 Å². The van der Waals surface area contributed by atoms with Gasteiger partial charge in [-0.3, -0.25) is 9.67 Å². The summed E-state index contributed by atoms with van der Waals surface area (Å²) in [7, 11) is -4.01. The zero-order valence-corrected chi connectivity index (χ0v) is 22.2. The normalized spacial score (nSPS) is 22.2. The molecule has 0 amide bonds. The molecule has 4 rings (SSSR count). The number of hydrogen-bond donors (Lipinski definition) is 1. The summed E-state index contributed by atoms with van der Waals surface area (Å²) in [6.45, 7) is 7.48. The highest BCUT2D eigenvalue weighted by Crippen LogP contribution is 2.46. The van der Waals surface area contributed by atoms with Crippen molar-refractivity contribution in [2.24, 2.45) is 11.8 Å². The molecule has 2 aromatic rings. The Balaban J connectivity index is 1.74. The van der Waals surface area contributed by atoms with Crippen LogP contribution in [0.15, 0.2) is 52.8 Å². The van der Waals surface area contributed by atoms with Crippen molar-refractivity contribution in [2.75, 3.05) is 0 Å². The van der Waals surface area contributed by atoms with Gasteiger partial charge in [0.2, 0.25) is 10.0 Å². The molecule has 35 heavy (non-hydrogen) atoms. The average molecular weight is 573 g/mol. The van der Waals surface area contributed by atoms with E-state index in [0.29, 0.717) is 17.0 Å². The van der Waals surface area contributed by atoms with Gasteiger partial charge in [-0.25, -0.2) is 13.1 Å². The van der Waals surface area contributed by atoms with Gasteiger partial charge in [-0.05, 0) is 73.5 Å². The van der Waals surface area contributed by atoms with Gasteiger partial charge >= 0.3 is 6.18 Å². The summed E-state index contributed by atoms with van der Waals surface area (Å²) in [6, 6.07) is 3.08. The van der Waals surface area contributed by atoms with Crippen LogP contribution in [0.3, 0.4) is 0 Å². The minimum Gasteiger partial charge on any atom is -0.258 e. The van der Waals surface area contributed by atoms with Crippen molar-refractivity contribution in [3.05, 3.63) is 58.4 Å². The van der Waals surface area contributed by atoms with Crippen molar-refractivity contribution in [3.63, 3.8) is 0 Å². The molecule has 190 valence electrons. The number of pyridine rings is 1. The Morgan fingerprint density at radius 3 is 2.46 bits per heavy atom. The first-order chi connectivity index (χ1) is 16.2. The van der Waals surface area contributed by atoms with E-state index in [1.165, 1.54) is 6.92 Å². The quantitative estimate of drug-likeness (QED) is 0.467. The molecule has 0 aromatic carbocycles. The topological polar surface area (TPSA) is 76.9 Å². The lowest BCUT2D eigenvalue weighted by Crippen LogP contribution is -2.40. The summed E-state index contributed by atoms with van der Waals surface area (Å²) in [6.07, 6.45) is 3.46. The van der Waals surface area contributed by atoms with Crippen molar-refractivity contribution in [3.8, 4) is 11.4 Å². The van der Waals surface area contributed by atoms with Gasteiger partial charge in [0.25, 0.3) is 0 Å². The highest BCUT2D eigenvalue weighted by molar-refractivity contribution is 9.10. The predicted molar refractivity (Wildman–Crippen MR) is 132 cm³/mol. The summed E-state index contributed by atoms with van der Waals surface area (Å²) in [4.78, 5) is 4.54. The van der Waals surface area contributed by atoms with E-state index in [4.69, 9.17) is 0 Å². The van der Waals surface area contributed by atoms with Crippen LogP contribution in [0.25, 0.3) is 11.4 Å². The molecular formula is C24H28BrF3N4O2S. The van der Waals surface area contributed by atoms with Crippen LogP contribution in [0.4, 0.5) is 13.2 Å². The van der Waals surface area contributed by atoms with Gasteiger partial charge in [-0.1, -0.05) is 25.2 Å². The highest BCUT2D eigenvalue weighted by Gasteiger charge is 2.43. The van der Waals surface area contributed by atoms with Crippen molar-refractivity contribution < 1.29 is 21.6 Å². The molecule has 1 N–H and O–H groups in total. The third-order valence-corrected chi connectivity index (χ3v) is 8.77. The van der Waals surface area contributed by atoms with E-state index in [0.717, 1.165) is 35.5 Å². The summed E-state index contributed by atoms with van der Waals surface area (Å²) >= 11 is 3.56. The highest BCUT2D eigenvalue weighted by atomic mass is 79.9. The second-order valence-electron chi connectivity index (χ2n) is 10.1. The van der Waals surface area contributed by atoms with E-state index in [1.807, 2.05) is 31.5 Å². The monoisotopic (exact) mass is 572 g/mol. The largest absolute Gasteiger partial charge is 0.416 e. The van der Waals surface area contributed by atoms with Gasteiger partial charge in [0.15, 0.2) is 0 Å². The molecule has 6 nitrogen and oxygen atoms in total. The van der Waals surface area contributed by atoms with Crippen LogP contribution >= 0.6 is 15.9 Å². The van der Waals surface area contributed by atoms with Crippen molar-refractivity contribution >= 4 is 26.0 Å². The van der Waals surface area contributed by atoms with Crippen molar-refractivity contribution in [1.29, 1.82) is 0 Å². The van der Waals surface area contributed by atoms with E-state index in [2.05, 4.69) is 30.7 Å². The second-order valence-corrected chi connectivity index (χ2v) is 12.9. The summed E-state index contributed by atoms with van der Waals surface area (Å²) in [5.41, 5.74) is 0.810. The van der Waals surface area contributed by atoms with Crippen LogP contribution in [0, 0.1) is 11.8 Å². The summed E-state index contributed by atoms with van der Waals surface area (Å²) in [5, 5.41) is 3.49. The molecule has 2 aliphatic carbocycles. The van der Waals surface area contributed by atoms with Crippen molar-refractivity contribution in [1.82, 2.24) is 19.5 Å². The molecular weight excluding hydrogens is 545 g/mol. The Hall–Kier alpha value is -1.98. The van der Waals surface area contributed by atoms with E-state index in [1.54, 1.807) is 18.5 Å². The molecule has 1 fully saturated rings. The molecule has 0 radical (unpaired) electrons. The zero-order valence-electron chi connectivity index (χ0n) is 19.8. The SMILES string of the molecule is CC1C=C(C(F)(F)F)C=CC1S(=O)(=O)NC(c1cnn(C(C)(C)C)c1-c1ncccc1Br)C1CC1. The lowest BCUT2D eigenvalue weighted by atomic mass is 9.97. The number of allylic oxidation sites excluding steroid dienone is 3. The molecule has 2 heterocycles. The number of sulfonamides is 1. The lowest BCUT2D eigenvalue weighted by molar-refractivity contribution is -0.0888. The number of alkyl halides is 3. The number of nitrogens with zero attached hydrogens (tertiary/aromatic N) is 3. The third kappa shape index (κ3) is 5.41. The van der Waals surface area contributed by atoms with Gasteiger partial charge in [0, 0.05) is 16.2 Å². The molecule has 1 saturated carbocycles. The van der Waals surface area contributed by atoms with E-state index in [9.17, 15) is 21.6 Å². The first kappa shape index (κ1) is 26.1. The molecule has 0 spiro atoms. The molecule has 2 aromatic heterocycles. The molecule has 3 unspecified atom stereocenters. The van der Waals surface area contributed by atoms with Gasteiger partial charge in [0.05, 0.1) is 34.3 Å². The maximum absolute atomic E-state index is 13.5. The molecule has 0 aliphatic heterocycles. The summed E-state index contributed by atoms with van der Waals surface area (Å²) < 4.78 is 71.7. The van der Waals surface area contributed by atoms with E-state index < -0.39 is 44.5 Å². The fourth-order valence-electron chi connectivity index (χ4n) is 4.38. The van der Waals surface area contributed by atoms with E-state index in [-0.39, 0.29) is 5.92 Å². The number of hydrogen-bond acceptors (Lipinski definition) is 4. The maximum atomic E-state index is 13.5. The molecule has 11 heteroatoms. The first-order valence-electron chi connectivity index (χ1n) is 11.4. The van der Waals surface area contributed by atoms with Gasteiger partial charge in [-0.15, -0.1) is 0 Å². The molecule has 3 atom stereocenters. The standard InChI is InChI=1S/C24H28BrF3N4O2S/c1-14-12-16(24(26,27)28)9-10-19(14)35(33,34)31-20(15-7-8-15)17-13-30-32(23(2,3)4)22(17)21-18(25)6-5-11-29-21/h5-6,9-15,19-20,31H,7-8H2,1-4H3. The average Bonchev–Trinajstić information content (AvgIpc) is 3.48. The minimum atomic E-state index is -4.52. The molecule has 0 saturated heterocycles. The van der Waals surface area contributed by atoms with Crippen LogP contribution in [0.5, 0.6) is 0 Å². The Morgan fingerprint density at radius 2 is 1.91 bits per heavy atom. The van der Waals surface area contributed by atoms with E-state index >= 15 is 0 Å². The number of nitrogens with one attached hydrogen (secondary N) is 1. The Kier molecular flexibility index (Phi) is 6.82. The lowest BCUT2D eigenvalue weighted by Gasteiger charge is -2.28. The molecule has 2 aliphatic rings. The van der Waals surface area contributed by atoms with Crippen LogP contribution < -0.4 is 4.72 Å². The van der Waals surface area contributed by atoms with Crippen LogP contribution in [-0.4, -0.2) is 34.6 Å². The molecule has 0 bridgehead atoms. The number of rotatable bonds is 6. The number of halogens is 4.